The molecule has 116 valence electrons. The summed E-state index contributed by atoms with van der Waals surface area (Å²) in [6, 6.07) is 7.70. The molecular weight excluding hydrogens is 262 g/mol. The van der Waals surface area contributed by atoms with E-state index in [-0.39, 0.29) is 0 Å². The zero-order chi connectivity index (χ0) is 14.9. The maximum atomic E-state index is 5.97. The number of hydrogen-bond donors (Lipinski definition) is 2. The summed E-state index contributed by atoms with van der Waals surface area (Å²) >= 11 is 0. The Bertz CT molecular complexity index is 434. The van der Waals surface area contributed by atoms with E-state index in [0.717, 1.165) is 18.0 Å². The Kier molecular flexibility index (Phi) is 6.38. The molecule has 1 fully saturated rings. The van der Waals surface area contributed by atoms with E-state index in [2.05, 4.69) is 10.3 Å². The maximum absolute atomic E-state index is 5.97. The van der Waals surface area contributed by atoms with Gasteiger partial charge in [-0.05, 0) is 43.0 Å². The average molecular weight is 289 g/mol. The van der Waals surface area contributed by atoms with Gasteiger partial charge in [-0.1, -0.05) is 32.1 Å². The molecule has 0 amide bonds. The number of nitrogens with one attached hydrogen (secondary N) is 1. The molecule has 1 aromatic rings. The van der Waals surface area contributed by atoms with Crippen molar-refractivity contribution in [2.75, 3.05) is 19.0 Å². The first-order valence-corrected chi connectivity index (χ1v) is 7.99. The van der Waals surface area contributed by atoms with Gasteiger partial charge < -0.3 is 15.8 Å². The number of anilines is 1. The van der Waals surface area contributed by atoms with Crippen LogP contribution >= 0.6 is 0 Å². The van der Waals surface area contributed by atoms with Gasteiger partial charge in [-0.3, -0.25) is 4.99 Å². The van der Waals surface area contributed by atoms with Crippen LogP contribution in [0.2, 0.25) is 0 Å². The summed E-state index contributed by atoms with van der Waals surface area (Å²) in [7, 11) is 1.66. The quantitative estimate of drug-likeness (QED) is 0.655. The van der Waals surface area contributed by atoms with Crippen molar-refractivity contribution in [2.45, 2.75) is 44.9 Å². The van der Waals surface area contributed by atoms with Gasteiger partial charge in [0.15, 0.2) is 5.96 Å². The summed E-state index contributed by atoms with van der Waals surface area (Å²) in [6.45, 7) is 0.842. The van der Waals surface area contributed by atoms with Gasteiger partial charge in [-0.2, -0.15) is 0 Å². The van der Waals surface area contributed by atoms with Gasteiger partial charge in [-0.25, -0.2) is 0 Å². The van der Waals surface area contributed by atoms with Crippen LogP contribution in [0.5, 0.6) is 5.75 Å². The highest BCUT2D eigenvalue weighted by atomic mass is 16.5. The molecule has 0 unspecified atom stereocenters. The van der Waals surface area contributed by atoms with Crippen molar-refractivity contribution in [3.05, 3.63) is 24.3 Å². The second-order valence-corrected chi connectivity index (χ2v) is 5.79. The van der Waals surface area contributed by atoms with Crippen molar-refractivity contribution < 1.29 is 4.74 Å². The second kappa shape index (κ2) is 8.55. The number of nitrogens with zero attached hydrogens (tertiary/aromatic N) is 1. The summed E-state index contributed by atoms with van der Waals surface area (Å²) < 4.78 is 5.13. The molecule has 0 spiro atoms. The highest BCUT2D eigenvalue weighted by molar-refractivity contribution is 5.92. The number of benzene rings is 1. The molecule has 0 bridgehead atoms. The predicted octanol–water partition coefficient (Wildman–Crippen LogP) is 3.78. The van der Waals surface area contributed by atoms with Crippen molar-refractivity contribution in [1.29, 1.82) is 0 Å². The molecule has 0 aliphatic heterocycles. The van der Waals surface area contributed by atoms with Gasteiger partial charge in [0.2, 0.25) is 0 Å². The lowest BCUT2D eigenvalue weighted by Crippen LogP contribution is -2.24. The van der Waals surface area contributed by atoms with Crippen LogP contribution in [0.15, 0.2) is 29.3 Å². The van der Waals surface area contributed by atoms with E-state index in [4.69, 9.17) is 10.5 Å². The fourth-order valence-electron chi connectivity index (χ4n) is 2.81. The molecule has 4 nitrogen and oxygen atoms in total. The first kappa shape index (κ1) is 15.7. The molecule has 1 saturated carbocycles. The third-order valence-electron chi connectivity index (χ3n) is 4.11. The summed E-state index contributed by atoms with van der Waals surface area (Å²) in [4.78, 5) is 4.51. The number of methoxy groups -OCH3 is 1. The van der Waals surface area contributed by atoms with Gasteiger partial charge in [0, 0.05) is 12.2 Å². The summed E-state index contributed by atoms with van der Waals surface area (Å²) in [5.41, 5.74) is 6.91. The third-order valence-corrected chi connectivity index (χ3v) is 4.11. The molecule has 0 radical (unpaired) electrons. The fourth-order valence-corrected chi connectivity index (χ4v) is 2.81. The van der Waals surface area contributed by atoms with Crippen LogP contribution in [0, 0.1) is 5.92 Å². The Morgan fingerprint density at radius 1 is 1.14 bits per heavy atom. The summed E-state index contributed by atoms with van der Waals surface area (Å²) in [5, 5.41) is 3.13. The minimum Gasteiger partial charge on any atom is -0.497 e. The molecular formula is C17H27N3O. The van der Waals surface area contributed by atoms with E-state index in [1.807, 2.05) is 24.3 Å². The molecule has 0 aromatic heterocycles. The summed E-state index contributed by atoms with van der Waals surface area (Å²) in [6.07, 6.45) is 9.41. The van der Waals surface area contributed by atoms with Gasteiger partial charge >= 0.3 is 0 Å². The number of ether oxygens (including phenoxy) is 1. The molecule has 1 aliphatic rings. The van der Waals surface area contributed by atoms with E-state index in [0.29, 0.717) is 11.9 Å². The lowest BCUT2D eigenvalue weighted by molar-refractivity contribution is 0.386. The number of hydrogen-bond acceptors (Lipinski definition) is 2. The first-order chi connectivity index (χ1) is 10.3. The number of aliphatic imine (C=N–C) groups is 1. The van der Waals surface area contributed by atoms with Gasteiger partial charge in [-0.15, -0.1) is 0 Å². The van der Waals surface area contributed by atoms with Crippen molar-refractivity contribution >= 4 is 11.6 Å². The van der Waals surface area contributed by atoms with Crippen LogP contribution in [-0.4, -0.2) is 19.6 Å². The number of nitrogens with two attached hydrogens (primary N) is 1. The Morgan fingerprint density at radius 2 is 1.76 bits per heavy atom. The molecule has 0 heterocycles. The highest BCUT2D eigenvalue weighted by Crippen LogP contribution is 2.22. The molecule has 1 aromatic carbocycles. The fraction of sp³-hybridized carbons (Fsp3) is 0.588. The monoisotopic (exact) mass is 289 g/mol. The van der Waals surface area contributed by atoms with E-state index in [9.17, 15) is 0 Å². The minimum atomic E-state index is 0.502. The molecule has 1 aliphatic carbocycles. The van der Waals surface area contributed by atoms with Crippen LogP contribution in [0.25, 0.3) is 0 Å². The summed E-state index contributed by atoms with van der Waals surface area (Å²) in [5.74, 6) is 2.04. The standard InChI is InChI=1S/C17H27N3O/c1-21-16-11-9-15(10-12-16)20-17(18)19-13-14-7-5-3-2-4-6-8-14/h9-12,14H,2-8,13H2,1H3,(H3,18,19,20). The number of rotatable bonds is 4. The van der Waals surface area contributed by atoms with Crippen molar-refractivity contribution in [3.63, 3.8) is 0 Å². The Balaban J connectivity index is 1.81. The highest BCUT2D eigenvalue weighted by Gasteiger charge is 2.10. The van der Waals surface area contributed by atoms with Crippen LogP contribution in [0.1, 0.15) is 44.9 Å². The molecule has 3 N–H and O–H groups in total. The maximum Gasteiger partial charge on any atom is 0.193 e. The molecule has 4 heteroatoms. The predicted molar refractivity (Wildman–Crippen MR) is 88.9 cm³/mol. The Morgan fingerprint density at radius 3 is 2.38 bits per heavy atom. The largest absolute Gasteiger partial charge is 0.497 e. The van der Waals surface area contributed by atoms with E-state index in [1.165, 1.54) is 44.9 Å². The van der Waals surface area contributed by atoms with Crippen molar-refractivity contribution in [2.24, 2.45) is 16.6 Å². The zero-order valence-corrected chi connectivity index (χ0v) is 13.0. The molecule has 0 saturated heterocycles. The topological polar surface area (TPSA) is 59.6 Å². The second-order valence-electron chi connectivity index (χ2n) is 5.79. The normalized spacial score (nSPS) is 17.9. The Hall–Kier alpha value is -1.71. The van der Waals surface area contributed by atoms with Crippen LogP contribution in [0.4, 0.5) is 5.69 Å². The first-order valence-electron chi connectivity index (χ1n) is 7.99. The number of guanidine groups is 1. The van der Waals surface area contributed by atoms with Crippen molar-refractivity contribution in [3.8, 4) is 5.75 Å². The van der Waals surface area contributed by atoms with Gasteiger partial charge in [0.05, 0.1) is 7.11 Å². The van der Waals surface area contributed by atoms with Gasteiger partial charge in [0.25, 0.3) is 0 Å². The van der Waals surface area contributed by atoms with Crippen LogP contribution in [0.3, 0.4) is 0 Å². The lowest BCUT2D eigenvalue weighted by Gasteiger charge is -2.18. The lowest BCUT2D eigenvalue weighted by atomic mass is 9.91. The minimum absolute atomic E-state index is 0.502. The molecule has 0 atom stereocenters. The average Bonchev–Trinajstić information content (AvgIpc) is 2.47. The van der Waals surface area contributed by atoms with Crippen molar-refractivity contribution in [1.82, 2.24) is 0 Å². The van der Waals surface area contributed by atoms with Crippen LogP contribution in [-0.2, 0) is 0 Å². The SMILES string of the molecule is COc1ccc(NC(N)=NCC2CCCCCCC2)cc1. The van der Waals surface area contributed by atoms with E-state index in [1.54, 1.807) is 7.11 Å². The smallest absolute Gasteiger partial charge is 0.193 e. The Labute approximate surface area is 127 Å². The van der Waals surface area contributed by atoms with Crippen LogP contribution < -0.4 is 15.8 Å². The molecule has 2 rings (SSSR count). The van der Waals surface area contributed by atoms with E-state index >= 15 is 0 Å². The molecule has 21 heavy (non-hydrogen) atoms. The zero-order valence-electron chi connectivity index (χ0n) is 13.0. The van der Waals surface area contributed by atoms with Gasteiger partial charge in [0.1, 0.15) is 5.75 Å². The van der Waals surface area contributed by atoms with E-state index < -0.39 is 0 Å². The third kappa shape index (κ3) is 5.66.